The highest BCUT2D eigenvalue weighted by atomic mass is 32.2. The van der Waals surface area contributed by atoms with Crippen molar-refractivity contribution in [2.75, 3.05) is 12.4 Å². The second kappa shape index (κ2) is 8.16. The van der Waals surface area contributed by atoms with Gasteiger partial charge in [-0.15, -0.1) is 11.8 Å². The van der Waals surface area contributed by atoms with E-state index in [1.165, 1.54) is 23.6 Å². The molecule has 0 radical (unpaired) electrons. The topological polar surface area (TPSA) is 63.7 Å². The molecule has 0 saturated heterocycles. The van der Waals surface area contributed by atoms with Gasteiger partial charge in [0.2, 0.25) is 5.91 Å². The van der Waals surface area contributed by atoms with Crippen molar-refractivity contribution in [1.82, 2.24) is 4.90 Å². The lowest BCUT2D eigenvalue weighted by molar-refractivity contribution is -0.143. The van der Waals surface area contributed by atoms with Crippen molar-refractivity contribution in [3.8, 4) is 0 Å². The Kier molecular flexibility index (Phi) is 6.87. The first-order chi connectivity index (χ1) is 9.47. The molecule has 1 atom stereocenters. The fraction of sp³-hybridized carbons (Fsp3) is 0.462. The van der Waals surface area contributed by atoms with Crippen LogP contribution in [-0.4, -0.2) is 34.3 Å². The molecule has 20 heavy (non-hydrogen) atoms. The minimum Gasteiger partial charge on any atom is -0.461 e. The van der Waals surface area contributed by atoms with E-state index in [2.05, 4.69) is 0 Å². The Labute approximate surface area is 126 Å². The fourth-order valence-corrected chi connectivity index (χ4v) is 2.67. The second-order valence-electron chi connectivity index (χ2n) is 4.06. The van der Waals surface area contributed by atoms with E-state index >= 15 is 0 Å². The molecular weight excluding hydrogens is 298 g/mol. The van der Waals surface area contributed by atoms with Gasteiger partial charge in [0.05, 0.1) is 6.61 Å². The zero-order chi connectivity index (χ0) is 15.1. The maximum absolute atomic E-state index is 12.3. The number of nitrogens with zero attached hydrogens (tertiary/aromatic N) is 1. The molecule has 0 aromatic heterocycles. The Bertz CT molecular complexity index is 459. The molecule has 0 bridgehead atoms. The summed E-state index contributed by atoms with van der Waals surface area (Å²) in [5, 5.41) is 3.27. The summed E-state index contributed by atoms with van der Waals surface area (Å²) in [5.41, 5.74) is 0.212. The largest absolute Gasteiger partial charge is 0.461 e. The van der Waals surface area contributed by atoms with Crippen LogP contribution in [0.5, 0.6) is 0 Å². The van der Waals surface area contributed by atoms with E-state index in [-0.39, 0.29) is 29.2 Å². The number of carbonyl (C=O) groups excluding carboxylic acids is 3. The lowest BCUT2D eigenvalue weighted by atomic mass is 10.2. The summed E-state index contributed by atoms with van der Waals surface area (Å²) in [5.74, 6) is -0.727. The molecule has 1 heterocycles. The van der Waals surface area contributed by atoms with Crippen molar-refractivity contribution >= 4 is 40.5 Å². The monoisotopic (exact) mass is 315 g/mol. The minimum atomic E-state index is -0.524. The van der Waals surface area contributed by atoms with Crippen LogP contribution in [-0.2, 0) is 19.1 Å². The maximum Gasteiger partial charge on any atom is 0.355 e. The average Bonchev–Trinajstić information content (AvgIpc) is 2.44. The number of thioether (sulfide) groups is 2. The number of rotatable bonds is 5. The summed E-state index contributed by atoms with van der Waals surface area (Å²) in [4.78, 5) is 36.4. The molecule has 7 heteroatoms. The Hall–Kier alpha value is -1.21. The van der Waals surface area contributed by atoms with Crippen molar-refractivity contribution in [3.05, 3.63) is 22.7 Å². The smallest absolute Gasteiger partial charge is 0.355 e. The minimum absolute atomic E-state index is 0.0319. The number of hydrogen-bond donors (Lipinski definition) is 0. The maximum atomic E-state index is 12.3. The molecule has 1 amide bonds. The summed E-state index contributed by atoms with van der Waals surface area (Å²) in [6.45, 7) is 5.16. The zero-order valence-corrected chi connectivity index (χ0v) is 13.3. The number of ether oxygens (including phenoxy) is 1. The normalized spacial score (nSPS) is 15.6. The lowest BCUT2D eigenvalue weighted by Crippen LogP contribution is -2.35. The SMILES string of the molecule is CCOC(=O)C1=CSC=CN1C(=O)C(C)CSC(C)=O. The van der Waals surface area contributed by atoms with Crippen molar-refractivity contribution in [2.24, 2.45) is 5.92 Å². The molecule has 110 valence electrons. The van der Waals surface area contributed by atoms with Crippen LogP contribution in [0.25, 0.3) is 0 Å². The molecule has 1 aliphatic heterocycles. The summed E-state index contributed by atoms with van der Waals surface area (Å²) in [6.07, 6.45) is 1.55. The van der Waals surface area contributed by atoms with Crippen LogP contribution in [0, 0.1) is 5.92 Å². The van der Waals surface area contributed by atoms with Gasteiger partial charge in [0.25, 0.3) is 0 Å². The molecule has 5 nitrogen and oxygen atoms in total. The van der Waals surface area contributed by atoms with Gasteiger partial charge in [0, 0.05) is 30.2 Å². The lowest BCUT2D eigenvalue weighted by Gasteiger charge is -2.25. The van der Waals surface area contributed by atoms with Gasteiger partial charge in [0.15, 0.2) is 5.12 Å². The molecule has 0 fully saturated rings. The molecule has 0 aromatic rings. The van der Waals surface area contributed by atoms with E-state index in [1.807, 2.05) is 0 Å². The number of carbonyl (C=O) groups is 3. The summed E-state index contributed by atoms with van der Waals surface area (Å²) in [6, 6.07) is 0. The van der Waals surface area contributed by atoms with Crippen LogP contribution in [0.4, 0.5) is 0 Å². The van der Waals surface area contributed by atoms with E-state index in [0.717, 1.165) is 11.8 Å². The average molecular weight is 315 g/mol. The third-order valence-corrected chi connectivity index (χ3v) is 4.12. The van der Waals surface area contributed by atoms with Crippen LogP contribution < -0.4 is 0 Å². The Morgan fingerprint density at radius 1 is 1.45 bits per heavy atom. The van der Waals surface area contributed by atoms with Gasteiger partial charge >= 0.3 is 5.97 Å². The number of hydrogen-bond acceptors (Lipinski definition) is 6. The van der Waals surface area contributed by atoms with Crippen molar-refractivity contribution in [1.29, 1.82) is 0 Å². The standard InChI is InChI=1S/C13H17NO4S2/c1-4-18-13(17)11-8-19-6-5-14(11)12(16)9(2)7-20-10(3)15/h5-6,8-9H,4,7H2,1-3H3. The molecular formula is C13H17NO4S2. The highest BCUT2D eigenvalue weighted by Crippen LogP contribution is 2.24. The van der Waals surface area contributed by atoms with Crippen LogP contribution in [0.15, 0.2) is 22.7 Å². The van der Waals surface area contributed by atoms with E-state index < -0.39 is 5.97 Å². The van der Waals surface area contributed by atoms with Crippen LogP contribution >= 0.6 is 23.5 Å². The molecule has 0 aromatic carbocycles. The first kappa shape index (κ1) is 16.8. The quantitative estimate of drug-likeness (QED) is 0.726. The van der Waals surface area contributed by atoms with Crippen LogP contribution in [0.3, 0.4) is 0 Å². The van der Waals surface area contributed by atoms with Crippen molar-refractivity contribution < 1.29 is 19.1 Å². The molecule has 1 rings (SSSR count). The van der Waals surface area contributed by atoms with Crippen LogP contribution in [0.2, 0.25) is 0 Å². The zero-order valence-electron chi connectivity index (χ0n) is 11.6. The van der Waals surface area contributed by atoms with Crippen molar-refractivity contribution in [3.63, 3.8) is 0 Å². The van der Waals surface area contributed by atoms with Gasteiger partial charge in [0.1, 0.15) is 5.70 Å². The Morgan fingerprint density at radius 2 is 2.15 bits per heavy atom. The first-order valence-electron chi connectivity index (χ1n) is 6.13. The summed E-state index contributed by atoms with van der Waals surface area (Å²) >= 11 is 2.41. The van der Waals surface area contributed by atoms with Crippen LogP contribution in [0.1, 0.15) is 20.8 Å². The van der Waals surface area contributed by atoms with Gasteiger partial charge in [-0.05, 0) is 12.3 Å². The van der Waals surface area contributed by atoms with E-state index in [1.54, 1.807) is 30.9 Å². The second-order valence-corrected chi connectivity index (χ2v) is 6.03. The third-order valence-electron chi connectivity index (χ3n) is 2.41. The van der Waals surface area contributed by atoms with Crippen molar-refractivity contribution in [2.45, 2.75) is 20.8 Å². The third kappa shape index (κ3) is 4.72. The number of esters is 1. The van der Waals surface area contributed by atoms with E-state index in [9.17, 15) is 14.4 Å². The van der Waals surface area contributed by atoms with E-state index in [4.69, 9.17) is 4.74 Å². The molecule has 1 aliphatic rings. The van der Waals surface area contributed by atoms with E-state index in [0.29, 0.717) is 5.75 Å². The van der Waals surface area contributed by atoms with Gasteiger partial charge in [-0.3, -0.25) is 14.5 Å². The fourth-order valence-electron chi connectivity index (χ4n) is 1.43. The predicted molar refractivity (Wildman–Crippen MR) is 80.6 cm³/mol. The highest BCUT2D eigenvalue weighted by Gasteiger charge is 2.28. The van der Waals surface area contributed by atoms with Gasteiger partial charge in [-0.2, -0.15) is 0 Å². The molecule has 0 saturated carbocycles. The highest BCUT2D eigenvalue weighted by molar-refractivity contribution is 8.13. The molecule has 0 aliphatic carbocycles. The number of amides is 1. The molecule has 0 spiro atoms. The van der Waals surface area contributed by atoms with Gasteiger partial charge in [-0.1, -0.05) is 18.7 Å². The Morgan fingerprint density at radius 3 is 2.75 bits per heavy atom. The first-order valence-corrected chi connectivity index (χ1v) is 8.06. The van der Waals surface area contributed by atoms with Gasteiger partial charge in [-0.25, -0.2) is 4.79 Å². The van der Waals surface area contributed by atoms with Gasteiger partial charge < -0.3 is 4.74 Å². The predicted octanol–water partition coefficient (Wildman–Crippen LogP) is 2.35. The summed E-state index contributed by atoms with van der Waals surface area (Å²) < 4.78 is 4.93. The summed E-state index contributed by atoms with van der Waals surface area (Å²) in [7, 11) is 0. The molecule has 0 N–H and O–H groups in total. The molecule has 1 unspecified atom stereocenters. The Balaban J connectivity index is 2.75.